The lowest BCUT2D eigenvalue weighted by Gasteiger charge is -2.31. The maximum Gasteiger partial charge on any atom is 0.185 e. The molecule has 30 heavy (non-hydrogen) atoms. The van der Waals surface area contributed by atoms with Crippen LogP contribution in [0.25, 0.3) is 0 Å². The van der Waals surface area contributed by atoms with Crippen molar-refractivity contribution in [2.45, 2.75) is 43.3 Å². The smallest absolute Gasteiger partial charge is 0.185 e. The summed E-state index contributed by atoms with van der Waals surface area (Å²) in [4.78, 5) is 7.05. The van der Waals surface area contributed by atoms with Gasteiger partial charge < -0.3 is 4.90 Å². The number of thiazole rings is 1. The van der Waals surface area contributed by atoms with Crippen molar-refractivity contribution in [2.24, 2.45) is 0 Å². The number of rotatable bonds is 5. The predicted octanol–water partition coefficient (Wildman–Crippen LogP) is 4.93. The van der Waals surface area contributed by atoms with Gasteiger partial charge in [0.2, 0.25) is 0 Å². The Morgan fingerprint density at radius 1 is 1.10 bits per heavy atom. The van der Waals surface area contributed by atoms with Gasteiger partial charge in [0.15, 0.2) is 15.0 Å². The molecule has 0 spiro atoms. The molecule has 1 aliphatic heterocycles. The molecule has 0 atom stereocenters. The molecule has 0 N–H and O–H groups in total. The van der Waals surface area contributed by atoms with Crippen LogP contribution in [0.1, 0.15) is 35.2 Å². The first-order chi connectivity index (χ1) is 14.3. The number of aromatic nitrogens is 1. The number of hydrogen-bond donors (Lipinski definition) is 0. The van der Waals surface area contributed by atoms with E-state index in [1.54, 1.807) is 18.3 Å². The van der Waals surface area contributed by atoms with Crippen molar-refractivity contribution < 1.29 is 12.8 Å². The molecule has 0 radical (unpaired) electrons. The predicted molar refractivity (Wildman–Crippen MR) is 120 cm³/mol. The zero-order valence-corrected chi connectivity index (χ0v) is 18.8. The van der Waals surface area contributed by atoms with Crippen LogP contribution < -0.4 is 4.90 Å². The molecule has 0 amide bonds. The lowest BCUT2D eigenvalue weighted by Crippen LogP contribution is -2.39. The first-order valence-corrected chi connectivity index (χ1v) is 12.5. The highest BCUT2D eigenvalue weighted by atomic mass is 32.2. The topological polar surface area (TPSA) is 50.3 Å². The highest BCUT2D eigenvalue weighted by Crippen LogP contribution is 2.31. The molecule has 4 nitrogen and oxygen atoms in total. The van der Waals surface area contributed by atoms with Crippen molar-refractivity contribution in [3.05, 3.63) is 76.0 Å². The minimum atomic E-state index is -3.54. The van der Waals surface area contributed by atoms with Crippen LogP contribution in [0.3, 0.4) is 0 Å². The molecular formula is C23H25FN2O2S2. The molecule has 4 rings (SSSR count). The minimum Gasteiger partial charge on any atom is -0.348 e. The number of benzene rings is 2. The van der Waals surface area contributed by atoms with Gasteiger partial charge in [-0.3, -0.25) is 0 Å². The summed E-state index contributed by atoms with van der Waals surface area (Å²) in [5.41, 5.74) is 4.10. The normalized spacial score (nSPS) is 15.5. The lowest BCUT2D eigenvalue weighted by atomic mass is 10.1. The van der Waals surface area contributed by atoms with Gasteiger partial charge in [0.1, 0.15) is 5.82 Å². The van der Waals surface area contributed by atoms with Crippen molar-refractivity contribution in [1.82, 2.24) is 4.98 Å². The van der Waals surface area contributed by atoms with E-state index in [0.717, 1.165) is 23.3 Å². The molecule has 2 heterocycles. The zero-order valence-electron chi connectivity index (χ0n) is 17.1. The van der Waals surface area contributed by atoms with Crippen LogP contribution in [0.5, 0.6) is 0 Å². The molecule has 0 aliphatic carbocycles. The van der Waals surface area contributed by atoms with Crippen molar-refractivity contribution in [3.63, 3.8) is 0 Å². The molecule has 1 aromatic heterocycles. The second-order valence-corrected chi connectivity index (χ2v) is 11.0. The van der Waals surface area contributed by atoms with Crippen LogP contribution in [0.2, 0.25) is 0 Å². The average Bonchev–Trinajstić information content (AvgIpc) is 3.20. The van der Waals surface area contributed by atoms with Crippen LogP contribution in [0.4, 0.5) is 9.52 Å². The van der Waals surface area contributed by atoms with Gasteiger partial charge in [-0.1, -0.05) is 35.9 Å². The monoisotopic (exact) mass is 444 g/mol. The van der Waals surface area contributed by atoms with Crippen molar-refractivity contribution in [2.75, 3.05) is 18.0 Å². The van der Waals surface area contributed by atoms with Crippen LogP contribution in [0, 0.1) is 19.7 Å². The lowest BCUT2D eigenvalue weighted by molar-refractivity contribution is 0.527. The van der Waals surface area contributed by atoms with Crippen LogP contribution >= 0.6 is 11.3 Å². The molecule has 7 heteroatoms. The Labute approximate surface area is 181 Å². The highest BCUT2D eigenvalue weighted by Gasteiger charge is 2.33. The Bertz CT molecular complexity index is 1130. The Balaban J connectivity index is 1.42. The number of anilines is 1. The minimum absolute atomic E-state index is 0.121. The van der Waals surface area contributed by atoms with Crippen molar-refractivity contribution in [3.8, 4) is 0 Å². The average molecular weight is 445 g/mol. The van der Waals surface area contributed by atoms with Gasteiger partial charge >= 0.3 is 0 Å². The van der Waals surface area contributed by atoms with E-state index in [0.29, 0.717) is 31.5 Å². The summed E-state index contributed by atoms with van der Waals surface area (Å²) in [6.07, 6.45) is 1.83. The van der Waals surface area contributed by atoms with Gasteiger partial charge in [0.05, 0.1) is 15.8 Å². The van der Waals surface area contributed by atoms with Gasteiger partial charge in [-0.15, -0.1) is 11.3 Å². The fraction of sp³-hybridized carbons (Fsp3) is 0.348. The first-order valence-electron chi connectivity index (χ1n) is 10.1. The molecule has 1 aliphatic rings. The van der Waals surface area contributed by atoms with Crippen molar-refractivity contribution in [1.29, 1.82) is 0 Å². The third kappa shape index (κ3) is 4.42. The Hall–Kier alpha value is -2.25. The van der Waals surface area contributed by atoms with Crippen LogP contribution in [-0.2, 0) is 16.3 Å². The van der Waals surface area contributed by atoms with E-state index >= 15 is 0 Å². The van der Waals surface area contributed by atoms with E-state index in [2.05, 4.69) is 41.5 Å². The number of piperidine rings is 1. The summed E-state index contributed by atoms with van der Waals surface area (Å²) in [5, 5.41) is 2.53. The number of halogens is 1. The van der Waals surface area contributed by atoms with Gasteiger partial charge in [-0.25, -0.2) is 17.8 Å². The third-order valence-corrected chi connectivity index (χ3v) is 9.01. The Morgan fingerprint density at radius 3 is 2.50 bits per heavy atom. The van der Waals surface area contributed by atoms with Gasteiger partial charge in [-0.05, 0) is 49.9 Å². The molecule has 0 unspecified atom stereocenters. The highest BCUT2D eigenvalue weighted by molar-refractivity contribution is 7.92. The van der Waals surface area contributed by atoms with E-state index in [1.807, 2.05) is 0 Å². The quantitative estimate of drug-likeness (QED) is 0.560. The summed E-state index contributed by atoms with van der Waals surface area (Å²) in [5.74, 6) is -0.513. The second kappa shape index (κ2) is 8.47. The molecule has 3 aromatic rings. The molecule has 158 valence electrons. The fourth-order valence-electron chi connectivity index (χ4n) is 3.86. The molecule has 2 aromatic carbocycles. The zero-order chi connectivity index (χ0) is 21.3. The van der Waals surface area contributed by atoms with Crippen molar-refractivity contribution >= 4 is 26.3 Å². The van der Waals surface area contributed by atoms with E-state index < -0.39 is 20.9 Å². The van der Waals surface area contributed by atoms with E-state index in [1.165, 1.54) is 23.3 Å². The number of nitrogens with zero attached hydrogens (tertiary/aromatic N) is 2. The summed E-state index contributed by atoms with van der Waals surface area (Å²) in [6.45, 7) is 5.06. The van der Waals surface area contributed by atoms with Gasteiger partial charge in [0.25, 0.3) is 0 Å². The largest absolute Gasteiger partial charge is 0.348 e. The standard InChI is InChI=1S/C23H25FN2O2S2/c1-16-3-6-18(7-4-16)13-20-15-29-23(25-20)26-11-9-21(10-12-26)30(27,28)22-14-19(24)8-5-17(22)2/h3-8,14-15,21H,9-13H2,1-2H3. The number of aryl methyl sites for hydroxylation is 2. The first kappa shape index (κ1) is 21.0. The SMILES string of the molecule is Cc1ccc(Cc2csc(N3CCC(S(=O)(=O)c4cc(F)ccc4C)CC3)n2)cc1. The molecule has 1 saturated heterocycles. The molecule has 0 saturated carbocycles. The van der Waals surface area contributed by atoms with E-state index in [4.69, 9.17) is 4.98 Å². The van der Waals surface area contributed by atoms with E-state index in [9.17, 15) is 12.8 Å². The molecule has 0 bridgehead atoms. The van der Waals surface area contributed by atoms with Crippen LogP contribution in [-0.4, -0.2) is 31.7 Å². The molecule has 1 fully saturated rings. The fourth-order valence-corrected chi connectivity index (χ4v) is 6.72. The molecular weight excluding hydrogens is 419 g/mol. The van der Waals surface area contributed by atoms with Gasteiger partial charge in [0, 0.05) is 24.9 Å². The summed E-state index contributed by atoms with van der Waals surface area (Å²) in [6, 6.07) is 12.4. The van der Waals surface area contributed by atoms with Gasteiger partial charge in [-0.2, -0.15) is 0 Å². The summed E-state index contributed by atoms with van der Waals surface area (Å²) >= 11 is 1.60. The maximum atomic E-state index is 13.6. The third-order valence-electron chi connectivity index (χ3n) is 5.65. The Morgan fingerprint density at radius 2 is 1.80 bits per heavy atom. The van der Waals surface area contributed by atoms with E-state index in [-0.39, 0.29) is 4.90 Å². The second-order valence-electron chi connectivity index (χ2n) is 7.93. The van der Waals surface area contributed by atoms with Crippen LogP contribution in [0.15, 0.2) is 52.7 Å². The maximum absolute atomic E-state index is 13.6. The summed E-state index contributed by atoms with van der Waals surface area (Å²) < 4.78 is 39.7. The Kier molecular flexibility index (Phi) is 5.93. The summed E-state index contributed by atoms with van der Waals surface area (Å²) in [7, 11) is -3.54. The number of sulfone groups is 1. The number of hydrogen-bond acceptors (Lipinski definition) is 5.